The van der Waals surface area contributed by atoms with Gasteiger partial charge in [-0.1, -0.05) is 26.3 Å². The third-order valence-electron chi connectivity index (χ3n) is 2.48. The molecule has 1 rings (SSSR count). The van der Waals surface area contributed by atoms with E-state index in [0.29, 0.717) is 0 Å². The van der Waals surface area contributed by atoms with Crippen molar-refractivity contribution in [3.05, 3.63) is 12.2 Å². The summed E-state index contributed by atoms with van der Waals surface area (Å²) in [7, 11) is 0. The van der Waals surface area contributed by atoms with Crippen LogP contribution in [0.3, 0.4) is 0 Å². The average Bonchev–Trinajstić information content (AvgIpc) is 2.97. The minimum atomic E-state index is 0.726. The van der Waals surface area contributed by atoms with Gasteiger partial charge in [0, 0.05) is 13.2 Å². The van der Waals surface area contributed by atoms with Gasteiger partial charge < -0.3 is 10.1 Å². The van der Waals surface area contributed by atoms with E-state index in [1.54, 1.807) is 0 Å². The highest BCUT2D eigenvalue weighted by molar-refractivity contribution is 4.96. The lowest BCUT2D eigenvalue weighted by molar-refractivity contribution is 0.148. The van der Waals surface area contributed by atoms with Crippen molar-refractivity contribution in [2.75, 3.05) is 26.3 Å². The van der Waals surface area contributed by atoms with Gasteiger partial charge in [0.25, 0.3) is 0 Å². The molecule has 0 aromatic heterocycles. The Kier molecular flexibility index (Phi) is 5.88. The van der Waals surface area contributed by atoms with Gasteiger partial charge in [-0.2, -0.15) is 0 Å². The van der Waals surface area contributed by atoms with Crippen molar-refractivity contribution in [3.8, 4) is 0 Å². The molecule has 14 heavy (non-hydrogen) atoms. The quantitative estimate of drug-likeness (QED) is 0.452. The van der Waals surface area contributed by atoms with Gasteiger partial charge in [-0.05, 0) is 30.9 Å². The van der Waals surface area contributed by atoms with Gasteiger partial charge in [0.2, 0.25) is 0 Å². The Morgan fingerprint density at radius 3 is 2.93 bits per heavy atom. The van der Waals surface area contributed by atoms with Crippen LogP contribution in [-0.4, -0.2) is 26.3 Å². The van der Waals surface area contributed by atoms with Crippen molar-refractivity contribution in [2.45, 2.75) is 32.6 Å². The Hall–Kier alpha value is -0.340. The van der Waals surface area contributed by atoms with Crippen molar-refractivity contribution >= 4 is 0 Å². The van der Waals surface area contributed by atoms with Crippen LogP contribution >= 0.6 is 0 Å². The summed E-state index contributed by atoms with van der Waals surface area (Å²) in [4.78, 5) is 0. The van der Waals surface area contributed by atoms with E-state index in [9.17, 15) is 0 Å². The molecule has 2 heteroatoms. The van der Waals surface area contributed by atoms with Gasteiger partial charge in [0.1, 0.15) is 0 Å². The molecule has 0 spiro atoms. The Morgan fingerprint density at radius 1 is 1.50 bits per heavy atom. The summed E-state index contributed by atoms with van der Waals surface area (Å²) in [6.07, 6.45) is 5.26. The van der Waals surface area contributed by atoms with Crippen LogP contribution in [0, 0.1) is 5.92 Å². The molecule has 0 aliphatic heterocycles. The molecule has 1 aliphatic rings. The Morgan fingerprint density at radius 2 is 2.29 bits per heavy atom. The number of hydrogen-bond acceptors (Lipinski definition) is 2. The summed E-state index contributed by atoms with van der Waals surface area (Å²) >= 11 is 0. The molecule has 0 atom stereocenters. The summed E-state index contributed by atoms with van der Waals surface area (Å²) in [5.74, 6) is 0.974. The molecular formula is C12H23NO. The summed E-state index contributed by atoms with van der Waals surface area (Å²) in [6, 6.07) is 0. The second-order valence-electron chi connectivity index (χ2n) is 4.21. The van der Waals surface area contributed by atoms with Crippen LogP contribution in [0.2, 0.25) is 0 Å². The number of hydrogen-bond donors (Lipinski definition) is 1. The monoisotopic (exact) mass is 197 g/mol. The lowest BCUT2D eigenvalue weighted by Crippen LogP contribution is -2.19. The fourth-order valence-electron chi connectivity index (χ4n) is 1.37. The molecule has 0 saturated heterocycles. The van der Waals surface area contributed by atoms with Gasteiger partial charge in [0.15, 0.2) is 0 Å². The topological polar surface area (TPSA) is 21.3 Å². The molecule has 0 amide bonds. The van der Waals surface area contributed by atoms with Crippen molar-refractivity contribution in [1.82, 2.24) is 5.32 Å². The molecule has 1 N–H and O–H groups in total. The molecule has 0 aromatic carbocycles. The first-order valence-electron chi connectivity index (χ1n) is 5.78. The molecule has 0 unspecified atom stereocenters. The van der Waals surface area contributed by atoms with Crippen LogP contribution in [0.1, 0.15) is 32.6 Å². The van der Waals surface area contributed by atoms with E-state index < -0.39 is 0 Å². The van der Waals surface area contributed by atoms with Crippen molar-refractivity contribution in [3.63, 3.8) is 0 Å². The first-order chi connectivity index (χ1) is 6.83. The lowest BCUT2D eigenvalue weighted by atomic mass is 10.3. The fraction of sp³-hybridized carbons (Fsp3) is 0.833. The highest BCUT2D eigenvalue weighted by Gasteiger charge is 2.20. The molecule has 1 aliphatic carbocycles. The maximum absolute atomic E-state index is 5.54. The predicted molar refractivity (Wildman–Crippen MR) is 60.5 cm³/mol. The van der Waals surface area contributed by atoms with Crippen LogP contribution in [0.25, 0.3) is 0 Å². The van der Waals surface area contributed by atoms with Crippen molar-refractivity contribution in [1.29, 1.82) is 0 Å². The first-order valence-corrected chi connectivity index (χ1v) is 5.78. The second-order valence-corrected chi connectivity index (χ2v) is 4.21. The van der Waals surface area contributed by atoms with Crippen molar-refractivity contribution < 1.29 is 4.74 Å². The highest BCUT2D eigenvalue weighted by Crippen LogP contribution is 2.32. The van der Waals surface area contributed by atoms with Gasteiger partial charge >= 0.3 is 0 Å². The molecule has 1 saturated carbocycles. The minimum Gasteiger partial charge on any atom is -0.377 e. The second kappa shape index (κ2) is 7.02. The van der Waals surface area contributed by atoms with E-state index in [1.165, 1.54) is 25.7 Å². The SMILES string of the molecule is C=C(CNCCC)COCCC1CC1. The lowest BCUT2D eigenvalue weighted by Gasteiger charge is -2.07. The van der Waals surface area contributed by atoms with E-state index in [0.717, 1.165) is 37.8 Å². The normalized spacial score (nSPS) is 15.8. The van der Waals surface area contributed by atoms with E-state index >= 15 is 0 Å². The smallest absolute Gasteiger partial charge is 0.0686 e. The zero-order valence-electron chi connectivity index (χ0n) is 9.35. The van der Waals surface area contributed by atoms with Crippen LogP contribution in [0.4, 0.5) is 0 Å². The molecule has 1 fully saturated rings. The van der Waals surface area contributed by atoms with Crippen molar-refractivity contribution in [2.24, 2.45) is 5.92 Å². The molecule has 0 heterocycles. The summed E-state index contributed by atoms with van der Waals surface area (Å²) in [6.45, 7) is 9.75. The van der Waals surface area contributed by atoms with E-state index in [4.69, 9.17) is 4.74 Å². The largest absolute Gasteiger partial charge is 0.377 e. The van der Waals surface area contributed by atoms with E-state index in [-0.39, 0.29) is 0 Å². The molecular weight excluding hydrogens is 174 g/mol. The molecule has 0 bridgehead atoms. The zero-order valence-corrected chi connectivity index (χ0v) is 9.35. The average molecular weight is 197 g/mol. The van der Waals surface area contributed by atoms with E-state index in [1.807, 2.05) is 0 Å². The Labute approximate surface area is 87.7 Å². The first kappa shape index (κ1) is 11.7. The van der Waals surface area contributed by atoms with Crippen LogP contribution < -0.4 is 5.32 Å². The number of ether oxygens (including phenoxy) is 1. The molecule has 82 valence electrons. The zero-order chi connectivity index (χ0) is 10.2. The molecule has 2 nitrogen and oxygen atoms in total. The molecule has 0 aromatic rings. The van der Waals surface area contributed by atoms with E-state index in [2.05, 4.69) is 18.8 Å². The van der Waals surface area contributed by atoms with Crippen LogP contribution in [-0.2, 0) is 4.74 Å². The third-order valence-corrected chi connectivity index (χ3v) is 2.48. The number of nitrogens with one attached hydrogen (secondary N) is 1. The highest BCUT2D eigenvalue weighted by atomic mass is 16.5. The number of rotatable bonds is 9. The van der Waals surface area contributed by atoms with Gasteiger partial charge in [0.05, 0.1) is 6.61 Å². The Balaban J connectivity index is 1.81. The maximum atomic E-state index is 5.54. The third kappa shape index (κ3) is 6.17. The van der Waals surface area contributed by atoms with Gasteiger partial charge in [-0.25, -0.2) is 0 Å². The standard InChI is InChI=1S/C12H23NO/c1-3-7-13-9-11(2)10-14-8-6-12-4-5-12/h12-13H,2-10H2,1H3. The van der Waals surface area contributed by atoms with Gasteiger partial charge in [-0.3, -0.25) is 0 Å². The van der Waals surface area contributed by atoms with Gasteiger partial charge in [-0.15, -0.1) is 0 Å². The minimum absolute atomic E-state index is 0.726. The molecule has 0 radical (unpaired) electrons. The summed E-state index contributed by atoms with van der Waals surface area (Å²) in [5, 5.41) is 3.32. The Bertz CT molecular complexity index is 164. The maximum Gasteiger partial charge on any atom is 0.0686 e. The van der Waals surface area contributed by atoms with Crippen LogP contribution in [0.15, 0.2) is 12.2 Å². The predicted octanol–water partition coefficient (Wildman–Crippen LogP) is 2.36. The summed E-state index contributed by atoms with van der Waals surface area (Å²) in [5.41, 5.74) is 1.16. The summed E-state index contributed by atoms with van der Waals surface area (Å²) < 4.78 is 5.54. The van der Waals surface area contributed by atoms with Crippen LogP contribution in [0.5, 0.6) is 0 Å². The fourth-order valence-corrected chi connectivity index (χ4v) is 1.37.